The van der Waals surface area contributed by atoms with Crippen LogP contribution in [0.1, 0.15) is 31.4 Å². The number of hydrogen-bond acceptors (Lipinski definition) is 15. The number of hydrogen-bond donors (Lipinski definition) is 7. The Balaban J connectivity index is 0.955. The average Bonchev–Trinajstić information content (AvgIpc) is 3.71. The van der Waals surface area contributed by atoms with Gasteiger partial charge in [0.25, 0.3) is 0 Å². The lowest BCUT2D eigenvalue weighted by Gasteiger charge is -2.40. The van der Waals surface area contributed by atoms with E-state index >= 15 is 0 Å². The van der Waals surface area contributed by atoms with Crippen LogP contribution in [0.5, 0.6) is 11.5 Å². The predicted octanol–water partition coefficient (Wildman–Crippen LogP) is 1.93. The van der Waals surface area contributed by atoms with E-state index in [4.69, 9.17) is 38.2 Å². The van der Waals surface area contributed by atoms with Gasteiger partial charge < -0.3 is 68.9 Å². The molecule has 0 aliphatic carbocycles. The first-order chi connectivity index (χ1) is 30.0. The van der Waals surface area contributed by atoms with Gasteiger partial charge in [0.15, 0.2) is 0 Å². The van der Waals surface area contributed by atoms with Gasteiger partial charge in [-0.3, -0.25) is 9.36 Å². The van der Waals surface area contributed by atoms with Crippen LogP contribution >= 0.6 is 7.60 Å². The van der Waals surface area contributed by atoms with Crippen LogP contribution < -0.4 is 20.1 Å². The van der Waals surface area contributed by atoms with Gasteiger partial charge in [0.1, 0.15) is 24.1 Å². The second kappa shape index (κ2) is 25.8. The lowest BCUT2D eigenvalue weighted by atomic mass is 9.97. The third kappa shape index (κ3) is 17.2. The summed E-state index contributed by atoms with van der Waals surface area (Å²) in [6.45, 7) is 2.25. The molecule has 1 fully saturated rings. The number of esters is 1. The van der Waals surface area contributed by atoms with Gasteiger partial charge in [0.2, 0.25) is 41.1 Å². The number of nitrogens with one attached hydrogen (secondary N) is 2. The maximum absolute atomic E-state index is 13.6. The van der Waals surface area contributed by atoms with E-state index in [1.54, 1.807) is 10.9 Å². The van der Waals surface area contributed by atoms with Gasteiger partial charge in [-0.2, -0.15) is 8.78 Å². The Hall–Kier alpha value is -4.40. The van der Waals surface area contributed by atoms with E-state index in [1.807, 2.05) is 0 Å². The Morgan fingerprint density at radius 2 is 1.37 bits per heavy atom. The van der Waals surface area contributed by atoms with Crippen molar-refractivity contribution in [2.45, 2.75) is 69.4 Å². The Morgan fingerprint density at radius 3 is 1.98 bits per heavy atom. The fourth-order valence-electron chi connectivity index (χ4n) is 5.58. The van der Waals surface area contributed by atoms with Crippen LogP contribution in [-0.4, -0.2) is 148 Å². The quantitative estimate of drug-likeness (QED) is 0.0109. The monoisotopic (exact) mass is 929 g/mol. The third-order valence-corrected chi connectivity index (χ3v) is 9.73. The molecule has 0 saturated carbocycles. The maximum Gasteiger partial charge on any atom is 0.325 e. The Bertz CT molecular complexity index is 1920. The lowest BCUT2D eigenvalue weighted by molar-refractivity contribution is -0.272. The molecule has 5 atom stereocenters. The van der Waals surface area contributed by atoms with E-state index in [0.29, 0.717) is 51.4 Å². The van der Waals surface area contributed by atoms with E-state index in [-0.39, 0.29) is 45.2 Å². The van der Waals surface area contributed by atoms with Crippen molar-refractivity contribution in [1.82, 2.24) is 20.3 Å². The molecule has 2 heterocycles. The van der Waals surface area contributed by atoms with E-state index in [1.165, 1.54) is 24.3 Å². The molecule has 1 aromatic heterocycles. The highest BCUT2D eigenvalue weighted by molar-refractivity contribution is 7.51. The second-order valence-electron chi connectivity index (χ2n) is 13.7. The zero-order chi connectivity index (χ0) is 45.9. The number of amides is 2. The van der Waals surface area contributed by atoms with Crippen LogP contribution in [0, 0.1) is 29.1 Å². The van der Waals surface area contributed by atoms with Gasteiger partial charge in [0.05, 0.1) is 83.8 Å². The highest BCUT2D eigenvalue weighted by atomic mass is 31.2. The highest BCUT2D eigenvalue weighted by Crippen LogP contribution is 2.37. The number of carbonyl (C=O) groups excluding carboxylic acids is 2. The second-order valence-corrected chi connectivity index (χ2v) is 15.5. The van der Waals surface area contributed by atoms with Crippen molar-refractivity contribution in [2.75, 3.05) is 70.9 Å². The molecule has 0 bridgehead atoms. The largest absolute Gasteiger partial charge is 0.462 e. The van der Waals surface area contributed by atoms with Crippen molar-refractivity contribution in [2.24, 2.45) is 0 Å². The van der Waals surface area contributed by atoms with Gasteiger partial charge in [0, 0.05) is 18.4 Å². The molecule has 7 N–H and O–H groups in total. The first-order valence-electron chi connectivity index (χ1n) is 19.5. The van der Waals surface area contributed by atoms with E-state index in [0.717, 1.165) is 12.1 Å². The van der Waals surface area contributed by atoms with Crippen molar-refractivity contribution in [3.63, 3.8) is 0 Å². The zero-order valence-electron chi connectivity index (χ0n) is 33.6. The number of anilines is 1. The highest BCUT2D eigenvalue weighted by Gasteiger charge is 2.45. The lowest BCUT2D eigenvalue weighted by Crippen LogP contribution is -2.59. The molecular weight excluding hydrogens is 880 g/mol. The van der Waals surface area contributed by atoms with E-state index in [2.05, 4.69) is 25.7 Å². The molecule has 26 heteroatoms. The van der Waals surface area contributed by atoms with E-state index in [9.17, 15) is 51.4 Å². The number of aryl methyl sites for hydroxylation is 1. The molecule has 1 aliphatic heterocycles. The van der Waals surface area contributed by atoms with Crippen LogP contribution in [0.25, 0.3) is 0 Å². The summed E-state index contributed by atoms with van der Waals surface area (Å²) in [5, 5.41) is 44.3. The number of aliphatic hydroxyl groups excluding tert-OH is 3. The Kier molecular flexibility index (Phi) is 21.0. The minimum absolute atomic E-state index is 0.0458. The summed E-state index contributed by atoms with van der Waals surface area (Å²) in [7, 11) is -4.39. The van der Waals surface area contributed by atoms with Gasteiger partial charge in [-0.1, -0.05) is 5.21 Å². The van der Waals surface area contributed by atoms with Gasteiger partial charge in [-0.25, -0.2) is 22.6 Å². The molecule has 0 unspecified atom stereocenters. The number of nitrogens with zero attached hydrogens (tertiary/aromatic N) is 3. The molecule has 352 valence electrons. The molecule has 20 nitrogen and oxygen atoms in total. The summed E-state index contributed by atoms with van der Waals surface area (Å²) in [5.41, 5.74) is 1.20. The molecule has 1 saturated heterocycles. The minimum Gasteiger partial charge on any atom is -0.462 e. The standard InChI is InChI=1S/C37H49F5N5O15P/c38-27-28(39)30(41)35(31(42)29(27)40)62-26(48)8-12-56-14-16-58-18-19-59-17-15-57-13-11-47-21-23(45-46-47)3-1-2-10-43-37(52)44-22-4-6-24(7-5-22)60-36-34(51)33(50)32(49)25(61-36)9-20-63(53,54)55/h4-7,21,25,32-34,36,49-51H,1-3,8-20H2,(H2,43,44,52)(H2,53,54,55)/t25-,32-,33+,34+,36+/m1/s1. The molecule has 63 heavy (non-hydrogen) atoms. The molecule has 3 aromatic rings. The number of unbranched alkanes of at least 4 members (excludes halogenated alkanes) is 1. The van der Waals surface area contributed by atoms with Gasteiger partial charge >= 0.3 is 19.6 Å². The van der Waals surface area contributed by atoms with Crippen LogP contribution in [0.4, 0.5) is 32.4 Å². The number of aromatic nitrogens is 3. The number of ether oxygens (including phenoxy) is 7. The number of benzene rings is 2. The van der Waals surface area contributed by atoms with Crippen molar-refractivity contribution < 1.29 is 94.4 Å². The number of rotatable bonds is 27. The summed E-state index contributed by atoms with van der Waals surface area (Å²) in [6.07, 6.45) is -5.09. The van der Waals surface area contributed by atoms with Crippen LogP contribution in [-0.2, 0) is 46.0 Å². The summed E-state index contributed by atoms with van der Waals surface area (Å²) in [5.74, 6) is -14.1. The summed E-state index contributed by atoms with van der Waals surface area (Å²) in [4.78, 5) is 42.3. The molecule has 0 spiro atoms. The maximum atomic E-state index is 13.6. The number of carbonyl (C=O) groups is 2. The third-order valence-electron chi connectivity index (χ3n) is 8.89. The smallest absolute Gasteiger partial charge is 0.325 e. The molecule has 0 radical (unpaired) electrons. The molecular formula is C37H49F5N5O15P. The van der Waals surface area contributed by atoms with Crippen molar-refractivity contribution in [1.29, 1.82) is 0 Å². The number of halogens is 5. The summed E-state index contributed by atoms with van der Waals surface area (Å²) < 4.78 is 116. The summed E-state index contributed by atoms with van der Waals surface area (Å²) >= 11 is 0. The fraction of sp³-hybridized carbons (Fsp3) is 0.568. The van der Waals surface area contributed by atoms with Gasteiger partial charge in [-0.15, -0.1) is 5.10 Å². The summed E-state index contributed by atoms with van der Waals surface area (Å²) in [6, 6.07) is 5.56. The fourth-order valence-corrected chi connectivity index (χ4v) is 6.18. The van der Waals surface area contributed by atoms with Crippen LogP contribution in [0.3, 0.4) is 0 Å². The molecule has 1 aliphatic rings. The van der Waals surface area contributed by atoms with Crippen molar-refractivity contribution in [3.8, 4) is 11.5 Å². The first-order valence-corrected chi connectivity index (χ1v) is 21.3. The SMILES string of the molecule is O=C(NCCCCc1cn(CCOCCOCCOCCOCCC(=O)Oc2c(F)c(F)c(F)c(F)c2F)nn1)Nc1ccc(O[C@H]2O[C@H](CCP(=O)(O)O)[C@@H](O)[C@H](O)[C@@H]2O)cc1. The predicted molar refractivity (Wildman–Crippen MR) is 205 cm³/mol. The van der Waals surface area contributed by atoms with Crippen LogP contribution in [0.2, 0.25) is 0 Å². The number of urea groups is 1. The molecule has 2 aromatic carbocycles. The molecule has 2 amide bonds. The number of aliphatic hydroxyl groups is 3. The topological polar surface area (TPSA) is 272 Å². The molecule has 4 rings (SSSR count). The Morgan fingerprint density at radius 1 is 0.778 bits per heavy atom. The first kappa shape index (κ1) is 51.2. The minimum atomic E-state index is -4.39. The zero-order valence-corrected chi connectivity index (χ0v) is 34.5. The Labute approximate surface area is 356 Å². The van der Waals surface area contributed by atoms with Crippen molar-refractivity contribution >= 4 is 25.3 Å². The van der Waals surface area contributed by atoms with Crippen LogP contribution in [0.15, 0.2) is 30.5 Å². The van der Waals surface area contributed by atoms with Crippen molar-refractivity contribution in [3.05, 3.63) is 65.2 Å². The normalized spacial score (nSPS) is 18.9. The average molecular weight is 930 g/mol. The van der Waals surface area contributed by atoms with E-state index < -0.39 is 97.7 Å². The van der Waals surface area contributed by atoms with Gasteiger partial charge in [-0.05, 0) is 49.9 Å².